The molecule has 0 fully saturated rings. The monoisotopic (exact) mass is 419 g/mol. The molecule has 0 spiro atoms. The zero-order valence-corrected chi connectivity index (χ0v) is 16.8. The van der Waals surface area contributed by atoms with Crippen molar-refractivity contribution in [3.8, 4) is 0 Å². The number of fused-ring (bicyclic) bond motifs is 2. The van der Waals surface area contributed by atoms with Gasteiger partial charge in [0.15, 0.2) is 11.2 Å². The van der Waals surface area contributed by atoms with Gasteiger partial charge in [0, 0.05) is 43.3 Å². The Balaban J connectivity index is 1.63. The van der Waals surface area contributed by atoms with Crippen molar-refractivity contribution in [2.24, 2.45) is 14.1 Å². The first-order chi connectivity index (χ1) is 14.9. The van der Waals surface area contributed by atoms with Crippen LogP contribution in [0.3, 0.4) is 0 Å². The minimum absolute atomic E-state index is 0.0200. The molecule has 1 aromatic carbocycles. The van der Waals surface area contributed by atoms with E-state index in [1.807, 2.05) is 0 Å². The average Bonchev–Trinajstić information content (AvgIpc) is 3.32. The number of hydrogen-bond donors (Lipinski definition) is 2. The molecular formula is C21H18FN7O2. The van der Waals surface area contributed by atoms with Gasteiger partial charge in [-0.1, -0.05) is 12.1 Å². The van der Waals surface area contributed by atoms with E-state index < -0.39 is 17.1 Å². The quantitative estimate of drug-likeness (QED) is 0.465. The number of para-hydroxylation sites is 1. The first kappa shape index (κ1) is 18.8. The summed E-state index contributed by atoms with van der Waals surface area (Å²) in [5, 5.41) is 3.80. The molecule has 4 heterocycles. The van der Waals surface area contributed by atoms with Gasteiger partial charge in [0.25, 0.3) is 5.56 Å². The number of nitrogens with zero attached hydrogens (tertiary/aromatic N) is 5. The number of rotatable bonds is 4. The second-order valence-corrected chi connectivity index (χ2v) is 7.26. The van der Waals surface area contributed by atoms with E-state index in [0.29, 0.717) is 22.5 Å². The lowest BCUT2D eigenvalue weighted by Crippen LogP contribution is -2.39. The van der Waals surface area contributed by atoms with Crippen molar-refractivity contribution >= 4 is 33.7 Å². The topological polar surface area (TPSA) is 103 Å². The molecule has 0 bridgehead atoms. The van der Waals surface area contributed by atoms with Crippen LogP contribution in [0.25, 0.3) is 22.1 Å². The van der Waals surface area contributed by atoms with Crippen LogP contribution in [0.2, 0.25) is 0 Å². The zero-order valence-electron chi connectivity index (χ0n) is 16.8. The van der Waals surface area contributed by atoms with Crippen LogP contribution < -0.4 is 16.6 Å². The fourth-order valence-electron chi connectivity index (χ4n) is 3.69. The van der Waals surface area contributed by atoms with E-state index in [9.17, 15) is 14.0 Å². The van der Waals surface area contributed by atoms with Gasteiger partial charge in [0.05, 0.1) is 12.1 Å². The number of anilines is 2. The Hall–Kier alpha value is -4.21. The molecule has 0 atom stereocenters. The summed E-state index contributed by atoms with van der Waals surface area (Å²) in [6.07, 6.45) is 3.27. The Morgan fingerprint density at radius 3 is 2.61 bits per heavy atom. The van der Waals surface area contributed by atoms with Gasteiger partial charge in [-0.25, -0.2) is 9.18 Å². The van der Waals surface area contributed by atoms with Gasteiger partial charge in [0.1, 0.15) is 5.82 Å². The minimum atomic E-state index is -0.509. The molecule has 0 unspecified atom stereocenters. The number of benzene rings is 1. The van der Waals surface area contributed by atoms with Crippen molar-refractivity contribution in [3.63, 3.8) is 0 Å². The normalized spacial score (nSPS) is 11.5. The molecule has 0 amide bonds. The number of H-pyrrole nitrogens is 1. The third-order valence-electron chi connectivity index (χ3n) is 5.29. The molecule has 10 heteroatoms. The summed E-state index contributed by atoms with van der Waals surface area (Å²) in [4.78, 5) is 37.5. The summed E-state index contributed by atoms with van der Waals surface area (Å²) in [7, 11) is 3.27. The standard InChI is InChI=1S/C21H18FN7O2/c1-27-17-18(26-20(27)25-13-6-8-23-9-7-13)28(2)21(31)29(19(17)30)11-14-10-12-4-3-5-15(22)16(12)24-14/h3-10,24H,11H2,1-2H3,(H,23,25,26). The van der Waals surface area contributed by atoms with Gasteiger partial charge < -0.3 is 14.9 Å². The van der Waals surface area contributed by atoms with Crippen LogP contribution in [0.4, 0.5) is 16.0 Å². The average molecular weight is 419 g/mol. The van der Waals surface area contributed by atoms with E-state index in [1.54, 1.807) is 61.4 Å². The zero-order chi connectivity index (χ0) is 21.7. The molecule has 0 radical (unpaired) electrons. The van der Waals surface area contributed by atoms with E-state index in [-0.39, 0.29) is 17.7 Å². The van der Waals surface area contributed by atoms with Crippen LogP contribution in [-0.4, -0.2) is 28.7 Å². The minimum Gasteiger partial charge on any atom is -0.355 e. The second kappa shape index (κ2) is 6.94. The van der Waals surface area contributed by atoms with Crippen LogP contribution in [0.15, 0.2) is 58.4 Å². The number of imidazole rings is 1. The van der Waals surface area contributed by atoms with Gasteiger partial charge in [0.2, 0.25) is 5.95 Å². The number of pyridine rings is 1. The summed E-state index contributed by atoms with van der Waals surface area (Å²) in [5.41, 5.74) is 1.21. The molecule has 2 N–H and O–H groups in total. The van der Waals surface area contributed by atoms with Gasteiger partial charge in [-0.15, -0.1) is 0 Å². The predicted molar refractivity (Wildman–Crippen MR) is 115 cm³/mol. The third kappa shape index (κ3) is 3.00. The summed E-state index contributed by atoms with van der Waals surface area (Å²) in [6, 6.07) is 10.00. The summed E-state index contributed by atoms with van der Waals surface area (Å²) >= 11 is 0. The largest absolute Gasteiger partial charge is 0.355 e. The van der Waals surface area contributed by atoms with Gasteiger partial charge in [-0.05, 0) is 24.3 Å². The maximum absolute atomic E-state index is 14.0. The van der Waals surface area contributed by atoms with E-state index in [0.717, 1.165) is 10.3 Å². The highest BCUT2D eigenvalue weighted by molar-refractivity contribution is 5.81. The molecule has 4 aromatic heterocycles. The molecule has 0 saturated carbocycles. The van der Waals surface area contributed by atoms with E-state index in [2.05, 4.69) is 20.3 Å². The van der Waals surface area contributed by atoms with Crippen LogP contribution in [0.1, 0.15) is 5.69 Å². The fraction of sp³-hybridized carbons (Fsp3) is 0.143. The van der Waals surface area contributed by atoms with Crippen molar-refractivity contribution < 1.29 is 4.39 Å². The van der Waals surface area contributed by atoms with Crippen LogP contribution in [-0.2, 0) is 20.6 Å². The molecule has 0 saturated heterocycles. The van der Waals surface area contributed by atoms with Crippen LogP contribution in [0.5, 0.6) is 0 Å². The summed E-state index contributed by atoms with van der Waals surface area (Å²) in [5.74, 6) is 0.0247. The number of aromatic nitrogens is 6. The molecule has 9 nitrogen and oxygen atoms in total. The SMILES string of the molecule is Cn1c(Nc2ccncc2)nc2c1c(=O)n(Cc1cc3cccc(F)c3[nH]1)c(=O)n2C. The Kier molecular flexibility index (Phi) is 4.21. The summed E-state index contributed by atoms with van der Waals surface area (Å²) < 4.78 is 18.1. The predicted octanol–water partition coefficient (Wildman–Crippen LogP) is 2.24. The van der Waals surface area contributed by atoms with Crippen molar-refractivity contribution in [1.29, 1.82) is 0 Å². The Morgan fingerprint density at radius 1 is 1.10 bits per heavy atom. The van der Waals surface area contributed by atoms with Gasteiger partial charge in [-0.2, -0.15) is 4.98 Å². The summed E-state index contributed by atoms with van der Waals surface area (Å²) in [6.45, 7) is -0.0200. The van der Waals surface area contributed by atoms with E-state index in [4.69, 9.17) is 0 Å². The van der Waals surface area contributed by atoms with E-state index in [1.165, 1.54) is 10.6 Å². The van der Waals surface area contributed by atoms with Crippen molar-refractivity contribution in [2.45, 2.75) is 6.54 Å². The van der Waals surface area contributed by atoms with E-state index >= 15 is 0 Å². The highest BCUT2D eigenvalue weighted by atomic mass is 19.1. The second-order valence-electron chi connectivity index (χ2n) is 7.26. The Labute approximate surface area is 174 Å². The molecule has 0 aliphatic rings. The highest BCUT2D eigenvalue weighted by Crippen LogP contribution is 2.20. The van der Waals surface area contributed by atoms with Crippen molar-refractivity contribution in [2.75, 3.05) is 5.32 Å². The van der Waals surface area contributed by atoms with Crippen LogP contribution in [0, 0.1) is 5.82 Å². The smallest absolute Gasteiger partial charge is 0.332 e. The number of nitrogens with one attached hydrogen (secondary N) is 2. The third-order valence-corrected chi connectivity index (χ3v) is 5.29. The molecule has 5 aromatic rings. The number of hydrogen-bond acceptors (Lipinski definition) is 5. The Morgan fingerprint density at radius 2 is 1.87 bits per heavy atom. The lowest BCUT2D eigenvalue weighted by Gasteiger charge is -2.08. The van der Waals surface area contributed by atoms with Crippen molar-refractivity contribution in [1.82, 2.24) is 28.7 Å². The molecular weight excluding hydrogens is 401 g/mol. The maximum atomic E-state index is 14.0. The molecule has 31 heavy (non-hydrogen) atoms. The lowest BCUT2D eigenvalue weighted by atomic mass is 10.2. The highest BCUT2D eigenvalue weighted by Gasteiger charge is 2.19. The molecule has 0 aliphatic heterocycles. The molecule has 0 aliphatic carbocycles. The Bertz CT molecular complexity index is 1560. The number of aryl methyl sites for hydroxylation is 2. The van der Waals surface area contributed by atoms with Crippen molar-refractivity contribution in [3.05, 3.63) is 81.1 Å². The van der Waals surface area contributed by atoms with Crippen LogP contribution >= 0.6 is 0 Å². The van der Waals surface area contributed by atoms with Gasteiger partial charge >= 0.3 is 5.69 Å². The molecule has 156 valence electrons. The fourth-order valence-corrected chi connectivity index (χ4v) is 3.69. The first-order valence-corrected chi connectivity index (χ1v) is 9.53. The first-order valence-electron chi connectivity index (χ1n) is 9.53. The number of aromatic amines is 1. The number of halogens is 1. The molecule has 5 rings (SSSR count). The maximum Gasteiger partial charge on any atom is 0.332 e. The lowest BCUT2D eigenvalue weighted by molar-refractivity contribution is 0.633. The van der Waals surface area contributed by atoms with Gasteiger partial charge in [-0.3, -0.25) is 18.9 Å².